The molecule has 168 valence electrons. The average molecular weight is 443 g/mol. The molecule has 0 aliphatic heterocycles. The summed E-state index contributed by atoms with van der Waals surface area (Å²) in [6.45, 7) is 5.72. The molecule has 0 radical (unpaired) electrons. The van der Waals surface area contributed by atoms with Gasteiger partial charge in [0.1, 0.15) is 17.1 Å². The van der Waals surface area contributed by atoms with Crippen molar-refractivity contribution in [3.05, 3.63) is 77.0 Å². The van der Waals surface area contributed by atoms with Gasteiger partial charge in [0.2, 0.25) is 0 Å². The Morgan fingerprint density at radius 2 is 1.73 bits per heavy atom. The summed E-state index contributed by atoms with van der Waals surface area (Å²) in [7, 11) is 1.62. The second kappa shape index (κ2) is 9.20. The van der Waals surface area contributed by atoms with Crippen LogP contribution in [0.3, 0.4) is 0 Å². The topological polar surface area (TPSA) is 109 Å². The van der Waals surface area contributed by atoms with Crippen LogP contribution >= 0.6 is 0 Å². The van der Waals surface area contributed by atoms with Crippen molar-refractivity contribution in [3.63, 3.8) is 0 Å². The van der Waals surface area contributed by atoms with Crippen LogP contribution in [0.2, 0.25) is 0 Å². The Hall–Kier alpha value is -4.07. The maximum atomic E-state index is 13.1. The van der Waals surface area contributed by atoms with Crippen molar-refractivity contribution < 1.29 is 9.53 Å². The Kier molecular flexibility index (Phi) is 6.17. The molecule has 4 aromatic rings. The number of rotatable bonds is 7. The predicted molar refractivity (Wildman–Crippen MR) is 127 cm³/mol. The molecule has 0 unspecified atom stereocenters. The molecule has 4 rings (SSSR count). The minimum Gasteiger partial charge on any atom is -0.496 e. The van der Waals surface area contributed by atoms with Crippen molar-refractivity contribution in [2.24, 2.45) is 0 Å². The number of benzene rings is 1. The Labute approximate surface area is 192 Å². The molecule has 3 heterocycles. The van der Waals surface area contributed by atoms with Gasteiger partial charge in [0.15, 0.2) is 17.4 Å². The lowest BCUT2D eigenvalue weighted by atomic mass is 10.0. The maximum absolute atomic E-state index is 13.1. The summed E-state index contributed by atoms with van der Waals surface area (Å²) in [6, 6.07) is 13.3. The molecular formula is C25H26N6O2. The number of aromatic nitrogens is 5. The average Bonchev–Trinajstić information content (AvgIpc) is 3.22. The smallest absolute Gasteiger partial charge is 0.185 e. The number of anilines is 1. The molecule has 0 spiro atoms. The number of pyridine rings is 1. The maximum Gasteiger partial charge on any atom is 0.185 e. The van der Waals surface area contributed by atoms with Gasteiger partial charge in [-0.1, -0.05) is 18.2 Å². The molecule has 0 atom stereocenters. The molecule has 0 amide bonds. The quantitative estimate of drug-likeness (QED) is 0.430. The fourth-order valence-corrected chi connectivity index (χ4v) is 3.78. The minimum absolute atomic E-state index is 0.0782. The van der Waals surface area contributed by atoms with Crippen LogP contribution in [-0.4, -0.2) is 37.6 Å². The largest absolute Gasteiger partial charge is 0.496 e. The normalized spacial score (nSPS) is 10.9. The van der Waals surface area contributed by atoms with Gasteiger partial charge in [0.25, 0.3) is 0 Å². The van der Waals surface area contributed by atoms with Crippen LogP contribution in [0.4, 0.5) is 5.82 Å². The lowest BCUT2D eigenvalue weighted by Crippen LogP contribution is -2.14. The van der Waals surface area contributed by atoms with Crippen molar-refractivity contribution in [1.29, 1.82) is 0 Å². The van der Waals surface area contributed by atoms with E-state index in [0.29, 0.717) is 17.9 Å². The Bertz CT molecular complexity index is 1310. The van der Waals surface area contributed by atoms with Crippen LogP contribution in [0.1, 0.15) is 39.6 Å². The van der Waals surface area contributed by atoms with Crippen molar-refractivity contribution in [1.82, 2.24) is 24.7 Å². The number of nitrogens with zero attached hydrogens (tertiary/aromatic N) is 5. The van der Waals surface area contributed by atoms with Crippen LogP contribution in [0.15, 0.2) is 48.7 Å². The SMILES string of the molecule is COc1ccccc1CCC(=O)c1nc(-c2cc(C)nc(C)c2)c(-n2ccc(C)n2)nc1N. The number of Topliss-reactive ketones (excluding diaryl/α,β-unsaturated/α-hetero) is 1. The first-order valence-electron chi connectivity index (χ1n) is 10.7. The third-order valence-electron chi connectivity index (χ3n) is 5.28. The van der Waals surface area contributed by atoms with Crippen molar-refractivity contribution in [2.45, 2.75) is 33.6 Å². The number of ether oxygens (including phenoxy) is 1. The number of methoxy groups -OCH3 is 1. The number of carbonyl (C=O) groups excluding carboxylic acids is 1. The minimum atomic E-state index is -0.183. The second-order valence-electron chi connectivity index (χ2n) is 7.90. The monoisotopic (exact) mass is 442 g/mol. The highest BCUT2D eigenvalue weighted by atomic mass is 16.5. The van der Waals surface area contributed by atoms with E-state index in [-0.39, 0.29) is 23.7 Å². The highest BCUT2D eigenvalue weighted by Crippen LogP contribution is 2.28. The molecule has 0 saturated carbocycles. The number of nitrogens with two attached hydrogens (primary N) is 1. The van der Waals surface area contributed by atoms with Crippen LogP contribution in [0, 0.1) is 20.8 Å². The van der Waals surface area contributed by atoms with E-state index in [4.69, 9.17) is 15.5 Å². The number of para-hydroxylation sites is 1. The number of carbonyl (C=O) groups is 1. The number of aryl methyl sites for hydroxylation is 4. The Morgan fingerprint density at radius 1 is 1.00 bits per heavy atom. The van der Waals surface area contributed by atoms with E-state index in [9.17, 15) is 4.79 Å². The van der Waals surface area contributed by atoms with E-state index in [1.807, 2.05) is 63.2 Å². The van der Waals surface area contributed by atoms with Crippen LogP contribution in [0.5, 0.6) is 5.75 Å². The van der Waals surface area contributed by atoms with Crippen LogP contribution in [-0.2, 0) is 6.42 Å². The van der Waals surface area contributed by atoms with E-state index in [1.165, 1.54) is 0 Å². The van der Waals surface area contributed by atoms with Crippen molar-refractivity contribution >= 4 is 11.6 Å². The molecular weight excluding hydrogens is 416 g/mol. The molecule has 0 aliphatic rings. The fourth-order valence-electron chi connectivity index (χ4n) is 3.78. The third-order valence-corrected chi connectivity index (χ3v) is 5.28. The summed E-state index contributed by atoms with van der Waals surface area (Å²) in [5.41, 5.74) is 11.2. The summed E-state index contributed by atoms with van der Waals surface area (Å²) in [5, 5.41) is 4.47. The molecule has 1 aromatic carbocycles. The van der Waals surface area contributed by atoms with E-state index in [0.717, 1.165) is 34.0 Å². The summed E-state index contributed by atoms with van der Waals surface area (Å²) in [5.74, 6) is 1.11. The van der Waals surface area contributed by atoms with Gasteiger partial charge in [-0.3, -0.25) is 9.78 Å². The molecule has 0 fully saturated rings. The molecule has 8 heteroatoms. The van der Waals surface area contributed by atoms with Crippen molar-refractivity contribution in [3.8, 4) is 22.8 Å². The van der Waals surface area contributed by atoms with Gasteiger partial charge in [-0.05, 0) is 57.0 Å². The fraction of sp³-hybridized carbons (Fsp3) is 0.240. The highest BCUT2D eigenvalue weighted by molar-refractivity contribution is 5.99. The number of nitrogen functional groups attached to an aromatic ring is 1. The van der Waals surface area contributed by atoms with Gasteiger partial charge in [0.05, 0.1) is 12.8 Å². The van der Waals surface area contributed by atoms with Crippen LogP contribution < -0.4 is 10.5 Å². The zero-order valence-electron chi connectivity index (χ0n) is 19.2. The third kappa shape index (κ3) is 4.74. The zero-order valence-corrected chi connectivity index (χ0v) is 19.2. The van der Waals surface area contributed by atoms with Gasteiger partial charge in [-0.25, -0.2) is 14.6 Å². The molecule has 3 aromatic heterocycles. The first-order valence-corrected chi connectivity index (χ1v) is 10.7. The van der Waals surface area contributed by atoms with E-state index >= 15 is 0 Å². The molecule has 2 N–H and O–H groups in total. The van der Waals surface area contributed by atoms with Gasteiger partial charge >= 0.3 is 0 Å². The van der Waals surface area contributed by atoms with Gasteiger partial charge < -0.3 is 10.5 Å². The van der Waals surface area contributed by atoms with E-state index in [2.05, 4.69) is 15.1 Å². The predicted octanol–water partition coefficient (Wildman–Crippen LogP) is 4.06. The number of hydrogen-bond acceptors (Lipinski definition) is 7. The highest BCUT2D eigenvalue weighted by Gasteiger charge is 2.21. The summed E-state index contributed by atoms with van der Waals surface area (Å²) in [4.78, 5) is 26.9. The lowest BCUT2D eigenvalue weighted by Gasteiger charge is -2.13. The van der Waals surface area contributed by atoms with Gasteiger partial charge in [-0.15, -0.1) is 0 Å². The molecule has 0 bridgehead atoms. The summed E-state index contributed by atoms with van der Waals surface area (Å²) in [6.07, 6.45) is 2.53. The summed E-state index contributed by atoms with van der Waals surface area (Å²) >= 11 is 0. The van der Waals surface area contributed by atoms with Crippen LogP contribution in [0.25, 0.3) is 17.1 Å². The molecule has 0 saturated heterocycles. The van der Waals surface area contributed by atoms with Gasteiger partial charge in [-0.2, -0.15) is 5.10 Å². The number of ketones is 1. The van der Waals surface area contributed by atoms with Crippen molar-refractivity contribution in [2.75, 3.05) is 12.8 Å². The zero-order chi connectivity index (χ0) is 23.5. The standard InChI is InChI=1S/C25H26N6O2/c1-15-11-12-31(30-15)25-22(19-13-16(2)27-17(3)14-19)28-23(24(26)29-25)20(32)10-9-18-7-5-6-8-21(18)33-4/h5-8,11-14H,9-10H2,1-4H3,(H2,26,29). The first kappa shape index (κ1) is 22.1. The Morgan fingerprint density at radius 3 is 2.39 bits per heavy atom. The lowest BCUT2D eigenvalue weighted by molar-refractivity contribution is 0.0978. The number of hydrogen-bond donors (Lipinski definition) is 1. The van der Waals surface area contributed by atoms with E-state index < -0.39 is 0 Å². The van der Waals surface area contributed by atoms with E-state index in [1.54, 1.807) is 18.0 Å². The summed E-state index contributed by atoms with van der Waals surface area (Å²) < 4.78 is 7.02. The van der Waals surface area contributed by atoms with Gasteiger partial charge in [0, 0.05) is 29.6 Å². The molecule has 8 nitrogen and oxygen atoms in total. The molecule has 0 aliphatic carbocycles. The Balaban J connectivity index is 1.75. The second-order valence-corrected chi connectivity index (χ2v) is 7.90. The first-order chi connectivity index (χ1) is 15.9. The molecule has 33 heavy (non-hydrogen) atoms.